The zero-order valence-corrected chi connectivity index (χ0v) is 15.6. The van der Waals surface area contributed by atoms with Gasteiger partial charge >= 0.3 is 0 Å². The Hall–Kier alpha value is -1.70. The minimum atomic E-state index is -3.13. The molecule has 136 valence electrons. The molecule has 0 amide bonds. The number of hydrogen-bond acceptors (Lipinski definition) is 4. The molecule has 3 rings (SSSR count). The molecule has 6 nitrogen and oxygen atoms in total. The van der Waals surface area contributed by atoms with Crippen molar-refractivity contribution in [3.8, 4) is 0 Å². The number of aromatic nitrogens is 1. The van der Waals surface area contributed by atoms with Gasteiger partial charge in [-0.25, -0.2) is 8.42 Å². The van der Waals surface area contributed by atoms with Gasteiger partial charge < -0.3 is 4.98 Å². The van der Waals surface area contributed by atoms with Crippen LogP contribution in [0.1, 0.15) is 24.5 Å². The standard InChI is InChI=1S/C18H25N3O3S/c1-3-10-25(23,24)21-8-6-20(7-9-21)13-16-12-15-5-4-14(2)11-17(15)19-18(16)22/h4-5,11-12H,3,6-10,13H2,1-2H3,(H,19,22). The van der Waals surface area contributed by atoms with Crippen LogP contribution in [0, 0.1) is 6.92 Å². The minimum Gasteiger partial charge on any atom is -0.322 e. The van der Waals surface area contributed by atoms with Crippen LogP contribution in [0.5, 0.6) is 0 Å². The number of benzene rings is 1. The van der Waals surface area contributed by atoms with Crippen LogP contribution < -0.4 is 5.56 Å². The highest BCUT2D eigenvalue weighted by molar-refractivity contribution is 7.89. The quantitative estimate of drug-likeness (QED) is 0.877. The van der Waals surface area contributed by atoms with Crippen LogP contribution >= 0.6 is 0 Å². The Bertz CT molecular complexity index is 913. The van der Waals surface area contributed by atoms with E-state index in [1.807, 2.05) is 38.1 Å². The molecule has 0 unspecified atom stereocenters. The third kappa shape index (κ3) is 4.11. The van der Waals surface area contributed by atoms with E-state index in [4.69, 9.17) is 0 Å². The van der Waals surface area contributed by atoms with Crippen molar-refractivity contribution < 1.29 is 8.42 Å². The number of pyridine rings is 1. The number of aromatic amines is 1. The fourth-order valence-corrected chi connectivity index (χ4v) is 4.77. The molecule has 1 aromatic carbocycles. The number of hydrogen-bond donors (Lipinski definition) is 1. The summed E-state index contributed by atoms with van der Waals surface area (Å²) in [5.74, 6) is 0.205. The normalized spacial score (nSPS) is 17.2. The topological polar surface area (TPSA) is 73.5 Å². The smallest absolute Gasteiger partial charge is 0.252 e. The predicted molar refractivity (Wildman–Crippen MR) is 100 cm³/mol. The van der Waals surface area contributed by atoms with E-state index in [2.05, 4.69) is 9.88 Å². The molecule has 1 N–H and O–H groups in total. The van der Waals surface area contributed by atoms with Gasteiger partial charge in [0.05, 0.1) is 5.75 Å². The molecule has 25 heavy (non-hydrogen) atoms. The first-order valence-corrected chi connectivity index (χ1v) is 10.3. The number of aryl methyl sites for hydroxylation is 1. The summed E-state index contributed by atoms with van der Waals surface area (Å²) in [4.78, 5) is 17.4. The molecule has 2 heterocycles. The Balaban J connectivity index is 1.70. The van der Waals surface area contributed by atoms with Crippen LogP contribution in [0.4, 0.5) is 0 Å². The van der Waals surface area contributed by atoms with E-state index in [1.165, 1.54) is 0 Å². The van der Waals surface area contributed by atoms with Crippen LogP contribution in [-0.2, 0) is 16.6 Å². The van der Waals surface area contributed by atoms with Gasteiger partial charge in [0.2, 0.25) is 10.0 Å². The second-order valence-electron chi connectivity index (χ2n) is 6.71. The van der Waals surface area contributed by atoms with E-state index in [9.17, 15) is 13.2 Å². The van der Waals surface area contributed by atoms with Crippen molar-refractivity contribution in [3.05, 3.63) is 45.7 Å². The molecule has 7 heteroatoms. The van der Waals surface area contributed by atoms with Gasteiger partial charge in [-0.05, 0) is 36.4 Å². The Kier molecular flexibility index (Phi) is 5.27. The van der Waals surface area contributed by atoms with Crippen molar-refractivity contribution in [1.29, 1.82) is 0 Å². The highest BCUT2D eigenvalue weighted by Gasteiger charge is 2.26. The number of H-pyrrole nitrogens is 1. The summed E-state index contributed by atoms with van der Waals surface area (Å²) < 4.78 is 25.8. The maximum absolute atomic E-state index is 12.3. The third-order valence-corrected chi connectivity index (χ3v) is 6.74. The molecule has 0 radical (unpaired) electrons. The summed E-state index contributed by atoms with van der Waals surface area (Å²) in [5.41, 5.74) is 2.62. The second kappa shape index (κ2) is 7.27. The first kappa shape index (κ1) is 18.1. The Morgan fingerprint density at radius 3 is 2.52 bits per heavy atom. The predicted octanol–water partition coefficient (Wildman–Crippen LogP) is 1.69. The number of sulfonamides is 1. The van der Waals surface area contributed by atoms with Gasteiger partial charge in [-0.15, -0.1) is 0 Å². The molecule has 1 aromatic heterocycles. The van der Waals surface area contributed by atoms with Crippen LogP contribution in [0.25, 0.3) is 10.9 Å². The SMILES string of the molecule is CCCS(=O)(=O)N1CCN(Cc2cc3ccc(C)cc3[nH]c2=O)CC1. The summed E-state index contributed by atoms with van der Waals surface area (Å²) in [6.07, 6.45) is 0.633. The zero-order valence-electron chi connectivity index (χ0n) is 14.8. The number of rotatable bonds is 5. The first-order chi connectivity index (χ1) is 11.9. The lowest BCUT2D eigenvalue weighted by Crippen LogP contribution is -2.49. The molecule has 0 atom stereocenters. The number of piperazine rings is 1. The van der Waals surface area contributed by atoms with Crippen LogP contribution in [0.2, 0.25) is 0 Å². The Morgan fingerprint density at radius 1 is 1.12 bits per heavy atom. The number of nitrogens with zero attached hydrogens (tertiary/aromatic N) is 2. The molecule has 1 saturated heterocycles. The Morgan fingerprint density at radius 2 is 1.84 bits per heavy atom. The summed E-state index contributed by atoms with van der Waals surface area (Å²) in [6.45, 7) is 6.70. The van der Waals surface area contributed by atoms with Gasteiger partial charge in [-0.3, -0.25) is 9.69 Å². The van der Waals surface area contributed by atoms with E-state index in [0.29, 0.717) is 39.1 Å². The lowest BCUT2D eigenvalue weighted by molar-refractivity contribution is 0.181. The third-order valence-electron chi connectivity index (χ3n) is 4.66. The van der Waals surface area contributed by atoms with Crippen LogP contribution in [0.3, 0.4) is 0 Å². The zero-order chi connectivity index (χ0) is 18.0. The molecular weight excluding hydrogens is 338 g/mol. The van der Waals surface area contributed by atoms with Gasteiger partial charge in [0.25, 0.3) is 5.56 Å². The van der Waals surface area contributed by atoms with Crippen molar-refractivity contribution >= 4 is 20.9 Å². The van der Waals surface area contributed by atoms with E-state index in [-0.39, 0.29) is 11.3 Å². The van der Waals surface area contributed by atoms with Gasteiger partial charge in [-0.2, -0.15) is 4.31 Å². The van der Waals surface area contributed by atoms with E-state index in [1.54, 1.807) is 4.31 Å². The molecule has 0 bridgehead atoms. The van der Waals surface area contributed by atoms with Crippen molar-refractivity contribution in [2.24, 2.45) is 0 Å². The van der Waals surface area contributed by atoms with Crippen molar-refractivity contribution in [2.75, 3.05) is 31.9 Å². The molecule has 1 aliphatic rings. The maximum Gasteiger partial charge on any atom is 0.252 e. The number of fused-ring (bicyclic) bond motifs is 1. The summed E-state index contributed by atoms with van der Waals surface area (Å²) >= 11 is 0. The van der Waals surface area contributed by atoms with E-state index < -0.39 is 10.0 Å². The number of nitrogens with one attached hydrogen (secondary N) is 1. The van der Waals surface area contributed by atoms with Crippen molar-refractivity contribution in [1.82, 2.24) is 14.2 Å². The van der Waals surface area contributed by atoms with Crippen molar-refractivity contribution in [2.45, 2.75) is 26.8 Å². The van der Waals surface area contributed by atoms with Crippen LogP contribution in [0.15, 0.2) is 29.1 Å². The van der Waals surface area contributed by atoms with E-state index >= 15 is 0 Å². The molecule has 2 aromatic rings. The lowest BCUT2D eigenvalue weighted by Gasteiger charge is -2.33. The molecule has 0 saturated carbocycles. The first-order valence-electron chi connectivity index (χ1n) is 8.72. The van der Waals surface area contributed by atoms with Crippen molar-refractivity contribution in [3.63, 3.8) is 0 Å². The fraction of sp³-hybridized carbons (Fsp3) is 0.500. The van der Waals surface area contributed by atoms with Crippen LogP contribution in [-0.4, -0.2) is 54.5 Å². The highest BCUT2D eigenvalue weighted by Crippen LogP contribution is 2.15. The van der Waals surface area contributed by atoms with Gasteiger partial charge in [0.1, 0.15) is 0 Å². The molecule has 0 aliphatic carbocycles. The lowest BCUT2D eigenvalue weighted by atomic mass is 10.1. The summed E-state index contributed by atoms with van der Waals surface area (Å²) in [7, 11) is -3.13. The monoisotopic (exact) mass is 363 g/mol. The largest absolute Gasteiger partial charge is 0.322 e. The summed E-state index contributed by atoms with van der Waals surface area (Å²) in [5, 5.41) is 1.02. The second-order valence-corrected chi connectivity index (χ2v) is 8.79. The molecular formula is C18H25N3O3S. The Labute approximate surface area is 148 Å². The summed E-state index contributed by atoms with van der Waals surface area (Å²) in [6, 6.07) is 7.95. The van der Waals surface area contributed by atoms with Gasteiger partial charge in [-0.1, -0.05) is 19.1 Å². The van der Waals surface area contributed by atoms with E-state index in [0.717, 1.165) is 22.0 Å². The highest BCUT2D eigenvalue weighted by atomic mass is 32.2. The molecule has 1 aliphatic heterocycles. The molecule has 0 spiro atoms. The minimum absolute atomic E-state index is 0.0702. The molecule has 1 fully saturated rings. The maximum atomic E-state index is 12.3. The van der Waals surface area contributed by atoms with Gasteiger partial charge in [0, 0.05) is 43.8 Å². The average Bonchev–Trinajstić information content (AvgIpc) is 2.56. The van der Waals surface area contributed by atoms with Gasteiger partial charge in [0.15, 0.2) is 0 Å². The fourth-order valence-electron chi connectivity index (χ4n) is 3.27. The average molecular weight is 363 g/mol.